The zero-order valence-corrected chi connectivity index (χ0v) is 13.4. The van der Waals surface area contributed by atoms with Crippen molar-refractivity contribution >= 4 is 16.8 Å². The van der Waals surface area contributed by atoms with Gasteiger partial charge in [-0.2, -0.15) is 5.10 Å². The Balaban J connectivity index is 1.47. The van der Waals surface area contributed by atoms with Crippen molar-refractivity contribution in [2.45, 2.75) is 12.5 Å². The van der Waals surface area contributed by atoms with Crippen LogP contribution >= 0.6 is 0 Å². The fraction of sp³-hybridized carbons (Fsp3) is 0.353. The molecule has 4 rings (SSSR count). The quantitative estimate of drug-likeness (QED) is 0.766. The number of ether oxygens (including phenoxy) is 1. The molecule has 1 aromatic carbocycles. The van der Waals surface area contributed by atoms with E-state index in [-0.39, 0.29) is 17.9 Å². The number of nitrogens with one attached hydrogen (secondary N) is 2. The predicted octanol–water partition coefficient (Wildman–Crippen LogP) is 1.80. The minimum absolute atomic E-state index is 0.0723. The van der Waals surface area contributed by atoms with Gasteiger partial charge in [0.15, 0.2) is 5.82 Å². The molecule has 3 aromatic rings. The van der Waals surface area contributed by atoms with Crippen LogP contribution in [0.2, 0.25) is 0 Å². The van der Waals surface area contributed by atoms with Crippen LogP contribution in [-0.2, 0) is 11.8 Å². The molecule has 3 heterocycles. The Morgan fingerprint density at radius 3 is 3.12 bits per heavy atom. The zero-order chi connectivity index (χ0) is 16.5. The molecule has 1 aliphatic rings. The Labute approximate surface area is 139 Å². The minimum atomic E-state index is -0.139. The Kier molecular flexibility index (Phi) is 3.78. The van der Waals surface area contributed by atoms with Crippen molar-refractivity contribution in [3.05, 3.63) is 48.2 Å². The Bertz CT molecular complexity index is 855. The molecular weight excluding hydrogens is 306 g/mol. The Morgan fingerprint density at radius 2 is 2.33 bits per heavy atom. The fourth-order valence-electron chi connectivity index (χ4n) is 3.32. The van der Waals surface area contributed by atoms with E-state index in [9.17, 15) is 4.79 Å². The van der Waals surface area contributed by atoms with Crippen molar-refractivity contribution in [1.29, 1.82) is 0 Å². The van der Waals surface area contributed by atoms with E-state index >= 15 is 0 Å². The number of nitrogens with zero attached hydrogens (tertiary/aromatic N) is 3. The van der Waals surface area contributed by atoms with Crippen molar-refractivity contribution < 1.29 is 9.53 Å². The van der Waals surface area contributed by atoms with E-state index in [0.717, 1.165) is 23.1 Å². The number of hydrogen-bond acceptors (Lipinski definition) is 4. The van der Waals surface area contributed by atoms with Gasteiger partial charge in [0, 0.05) is 37.0 Å². The summed E-state index contributed by atoms with van der Waals surface area (Å²) in [5, 5.41) is 10.8. The summed E-state index contributed by atoms with van der Waals surface area (Å²) in [5.41, 5.74) is 1.71. The van der Waals surface area contributed by atoms with Crippen LogP contribution in [-0.4, -0.2) is 38.8 Å². The summed E-state index contributed by atoms with van der Waals surface area (Å²) in [5.74, 6) is 0.838. The highest BCUT2D eigenvalue weighted by atomic mass is 16.5. The standard InChI is InChI=1S/C17H19N5O2/c1-22-13-5-3-2-4-11(13)8-14(22)17(23)18-9-12-6-7-24-15(12)16-19-10-20-21-16/h2-5,8,10,12,15H,6-7,9H2,1H3,(H,18,23)(H,19,20,21)/t12-,15-/m0/s1. The van der Waals surface area contributed by atoms with Gasteiger partial charge in [-0.25, -0.2) is 4.98 Å². The lowest BCUT2D eigenvalue weighted by Crippen LogP contribution is -2.31. The second-order valence-corrected chi connectivity index (χ2v) is 6.07. The monoisotopic (exact) mass is 325 g/mol. The molecule has 1 aliphatic heterocycles. The highest BCUT2D eigenvalue weighted by Crippen LogP contribution is 2.31. The van der Waals surface area contributed by atoms with E-state index in [2.05, 4.69) is 20.5 Å². The lowest BCUT2D eigenvalue weighted by molar-refractivity contribution is 0.0796. The normalized spacial score (nSPS) is 20.5. The molecule has 24 heavy (non-hydrogen) atoms. The number of aromatic nitrogens is 4. The molecular formula is C17H19N5O2. The molecule has 0 spiro atoms. The number of rotatable bonds is 4. The summed E-state index contributed by atoms with van der Waals surface area (Å²) >= 11 is 0. The molecule has 7 nitrogen and oxygen atoms in total. The Morgan fingerprint density at radius 1 is 1.46 bits per heavy atom. The van der Waals surface area contributed by atoms with Crippen LogP contribution < -0.4 is 5.32 Å². The first-order chi connectivity index (χ1) is 11.7. The van der Waals surface area contributed by atoms with E-state index in [1.165, 1.54) is 6.33 Å². The first-order valence-corrected chi connectivity index (χ1v) is 8.03. The molecule has 7 heteroatoms. The molecule has 2 N–H and O–H groups in total. The number of fused-ring (bicyclic) bond motifs is 1. The third-order valence-electron chi connectivity index (χ3n) is 4.63. The molecule has 0 unspecified atom stereocenters. The van der Waals surface area contributed by atoms with Gasteiger partial charge in [0.05, 0.1) is 0 Å². The van der Waals surface area contributed by atoms with Gasteiger partial charge in [0.1, 0.15) is 18.1 Å². The van der Waals surface area contributed by atoms with Crippen LogP contribution in [0.3, 0.4) is 0 Å². The van der Waals surface area contributed by atoms with Gasteiger partial charge in [-0.15, -0.1) is 0 Å². The van der Waals surface area contributed by atoms with Crippen LogP contribution in [0.4, 0.5) is 0 Å². The maximum absolute atomic E-state index is 12.6. The predicted molar refractivity (Wildman–Crippen MR) is 88.4 cm³/mol. The van der Waals surface area contributed by atoms with Gasteiger partial charge < -0.3 is 14.6 Å². The topological polar surface area (TPSA) is 84.8 Å². The van der Waals surface area contributed by atoms with Crippen LogP contribution in [0.1, 0.15) is 28.8 Å². The number of carbonyl (C=O) groups excluding carboxylic acids is 1. The first-order valence-electron chi connectivity index (χ1n) is 8.03. The second-order valence-electron chi connectivity index (χ2n) is 6.07. The largest absolute Gasteiger partial charge is 0.370 e. The first kappa shape index (κ1) is 14.9. The van der Waals surface area contributed by atoms with Crippen molar-refractivity contribution in [2.24, 2.45) is 13.0 Å². The maximum Gasteiger partial charge on any atom is 0.267 e. The molecule has 0 saturated carbocycles. The van der Waals surface area contributed by atoms with E-state index in [0.29, 0.717) is 18.8 Å². The fourth-order valence-corrected chi connectivity index (χ4v) is 3.32. The minimum Gasteiger partial charge on any atom is -0.370 e. The molecule has 0 radical (unpaired) electrons. The third kappa shape index (κ3) is 2.56. The number of amides is 1. The number of aryl methyl sites for hydroxylation is 1. The summed E-state index contributed by atoms with van der Waals surface area (Å²) in [6, 6.07) is 9.89. The number of carbonyl (C=O) groups is 1. The number of hydrogen-bond donors (Lipinski definition) is 2. The average molecular weight is 325 g/mol. The van der Waals surface area contributed by atoms with Gasteiger partial charge >= 0.3 is 0 Å². The van der Waals surface area contributed by atoms with Crippen molar-refractivity contribution in [2.75, 3.05) is 13.2 Å². The summed E-state index contributed by atoms with van der Waals surface area (Å²) in [6.07, 6.45) is 2.23. The summed E-state index contributed by atoms with van der Waals surface area (Å²) in [4.78, 5) is 16.7. The molecule has 1 amide bonds. The van der Waals surface area contributed by atoms with Crippen molar-refractivity contribution in [1.82, 2.24) is 25.1 Å². The smallest absolute Gasteiger partial charge is 0.267 e. The lowest BCUT2D eigenvalue weighted by Gasteiger charge is -2.16. The van der Waals surface area contributed by atoms with E-state index in [1.54, 1.807) is 0 Å². The lowest BCUT2D eigenvalue weighted by atomic mass is 10.0. The number of benzene rings is 1. The SMILES string of the molecule is Cn1c(C(=O)NC[C@@H]2CCO[C@@H]2c2ncn[nH]2)cc2ccccc21. The van der Waals surface area contributed by atoms with Crippen LogP contribution in [0, 0.1) is 5.92 Å². The highest BCUT2D eigenvalue weighted by molar-refractivity contribution is 5.98. The van der Waals surface area contributed by atoms with Gasteiger partial charge in [-0.3, -0.25) is 9.89 Å². The van der Waals surface area contributed by atoms with Crippen LogP contribution in [0.5, 0.6) is 0 Å². The zero-order valence-electron chi connectivity index (χ0n) is 13.4. The molecule has 124 valence electrons. The van der Waals surface area contributed by atoms with Gasteiger partial charge in [-0.1, -0.05) is 18.2 Å². The third-order valence-corrected chi connectivity index (χ3v) is 4.63. The highest BCUT2D eigenvalue weighted by Gasteiger charge is 2.32. The summed E-state index contributed by atoms with van der Waals surface area (Å²) < 4.78 is 7.65. The maximum atomic E-state index is 12.6. The van der Waals surface area contributed by atoms with E-state index in [1.807, 2.05) is 41.9 Å². The number of aromatic amines is 1. The molecule has 1 saturated heterocycles. The van der Waals surface area contributed by atoms with Crippen molar-refractivity contribution in [3.8, 4) is 0 Å². The van der Waals surface area contributed by atoms with Gasteiger partial charge in [-0.05, 0) is 18.6 Å². The van der Waals surface area contributed by atoms with Crippen LogP contribution in [0.25, 0.3) is 10.9 Å². The van der Waals surface area contributed by atoms with Crippen LogP contribution in [0.15, 0.2) is 36.7 Å². The van der Waals surface area contributed by atoms with Gasteiger partial charge in [0.2, 0.25) is 0 Å². The molecule has 0 aliphatic carbocycles. The van der Waals surface area contributed by atoms with Crippen molar-refractivity contribution in [3.63, 3.8) is 0 Å². The van der Waals surface area contributed by atoms with E-state index < -0.39 is 0 Å². The molecule has 2 aromatic heterocycles. The summed E-state index contributed by atoms with van der Waals surface area (Å²) in [7, 11) is 1.91. The number of H-pyrrole nitrogens is 1. The van der Waals surface area contributed by atoms with Gasteiger partial charge in [0.25, 0.3) is 5.91 Å². The molecule has 1 fully saturated rings. The number of para-hydroxylation sites is 1. The second kappa shape index (κ2) is 6.09. The molecule has 0 bridgehead atoms. The van der Waals surface area contributed by atoms with E-state index in [4.69, 9.17) is 4.74 Å². The summed E-state index contributed by atoms with van der Waals surface area (Å²) in [6.45, 7) is 1.21. The Hall–Kier alpha value is -2.67. The molecule has 2 atom stereocenters. The average Bonchev–Trinajstić information content (AvgIpc) is 3.32.